The second-order valence-corrected chi connectivity index (χ2v) is 8.60. The number of hydrogen-bond acceptors (Lipinski definition) is 6. The first-order chi connectivity index (χ1) is 18.2. The van der Waals surface area contributed by atoms with Crippen LogP contribution in [-0.4, -0.2) is 33.1 Å². The zero-order chi connectivity index (χ0) is 27.2. The molecule has 0 unspecified atom stereocenters. The molecule has 0 radical (unpaired) electrons. The van der Waals surface area contributed by atoms with Crippen LogP contribution in [0.15, 0.2) is 71.7 Å². The third-order valence-corrected chi connectivity index (χ3v) is 5.53. The first kappa shape index (κ1) is 26.2. The Balaban J connectivity index is 1.51. The summed E-state index contributed by atoms with van der Waals surface area (Å²) in [6.45, 7) is 5.97. The van der Waals surface area contributed by atoms with Gasteiger partial charge in [0.1, 0.15) is 11.4 Å². The summed E-state index contributed by atoms with van der Waals surface area (Å²) in [5, 5.41) is 9.56. The van der Waals surface area contributed by atoms with Crippen molar-refractivity contribution in [2.75, 3.05) is 11.9 Å². The van der Waals surface area contributed by atoms with E-state index in [0.29, 0.717) is 17.8 Å². The fourth-order valence-corrected chi connectivity index (χ4v) is 3.54. The summed E-state index contributed by atoms with van der Waals surface area (Å²) in [7, 11) is 0. The molecule has 0 aliphatic carbocycles. The number of halogens is 1. The molecule has 2 amide bonds. The Morgan fingerprint density at radius 3 is 2.47 bits per heavy atom. The standard InChI is InChI=1S/C28H26FN5O4/c1-4-12-31-27(36)23-16-21(11-13-30-23)38-24-10-7-19(15-22(24)29)32-28(37)26-18(3)14-25(35)34(33-26)20-8-5-17(2)6-9-20/h5-11,13-16H,4,12H2,1-3H3,(H,31,36)(H,32,37). The molecular weight excluding hydrogens is 489 g/mol. The highest BCUT2D eigenvalue weighted by molar-refractivity contribution is 6.03. The van der Waals surface area contributed by atoms with Crippen molar-refractivity contribution in [3.8, 4) is 17.2 Å². The van der Waals surface area contributed by atoms with Gasteiger partial charge in [0.05, 0.1) is 5.69 Å². The summed E-state index contributed by atoms with van der Waals surface area (Å²) in [5.41, 5.74) is 1.88. The molecule has 9 nitrogen and oxygen atoms in total. The molecule has 0 fully saturated rings. The number of pyridine rings is 1. The number of hydrogen-bond donors (Lipinski definition) is 2. The van der Waals surface area contributed by atoms with Crippen LogP contribution in [0.4, 0.5) is 10.1 Å². The number of ether oxygens (including phenoxy) is 1. The minimum absolute atomic E-state index is 0.0246. The van der Waals surface area contributed by atoms with E-state index in [1.807, 2.05) is 26.0 Å². The van der Waals surface area contributed by atoms with Gasteiger partial charge >= 0.3 is 0 Å². The van der Waals surface area contributed by atoms with Gasteiger partial charge < -0.3 is 15.4 Å². The predicted molar refractivity (Wildman–Crippen MR) is 141 cm³/mol. The van der Waals surface area contributed by atoms with Gasteiger partial charge in [-0.3, -0.25) is 19.4 Å². The van der Waals surface area contributed by atoms with Crippen molar-refractivity contribution in [2.24, 2.45) is 0 Å². The van der Waals surface area contributed by atoms with Crippen molar-refractivity contribution in [3.63, 3.8) is 0 Å². The fraction of sp³-hybridized carbons (Fsp3) is 0.179. The maximum Gasteiger partial charge on any atom is 0.276 e. The summed E-state index contributed by atoms with van der Waals surface area (Å²) in [5.74, 6) is -1.56. The van der Waals surface area contributed by atoms with Gasteiger partial charge in [-0.15, -0.1) is 0 Å². The molecule has 0 aliphatic heterocycles. The van der Waals surface area contributed by atoms with Gasteiger partial charge in [-0.1, -0.05) is 24.6 Å². The Morgan fingerprint density at radius 2 is 1.76 bits per heavy atom. The van der Waals surface area contributed by atoms with Crippen LogP contribution in [0.3, 0.4) is 0 Å². The van der Waals surface area contributed by atoms with Crippen LogP contribution < -0.4 is 20.9 Å². The van der Waals surface area contributed by atoms with E-state index in [1.54, 1.807) is 19.1 Å². The molecule has 0 saturated heterocycles. The molecule has 0 aliphatic rings. The molecular formula is C28H26FN5O4. The first-order valence-corrected chi connectivity index (χ1v) is 12.0. The molecule has 4 aromatic rings. The van der Waals surface area contributed by atoms with Gasteiger partial charge in [-0.05, 0) is 56.2 Å². The van der Waals surface area contributed by atoms with Crippen molar-refractivity contribution >= 4 is 17.5 Å². The minimum atomic E-state index is -0.731. The van der Waals surface area contributed by atoms with Crippen molar-refractivity contribution < 1.29 is 18.7 Å². The Labute approximate surface area is 218 Å². The molecule has 2 aromatic heterocycles. The van der Waals surface area contributed by atoms with Crippen LogP contribution in [-0.2, 0) is 0 Å². The second-order valence-electron chi connectivity index (χ2n) is 8.60. The maximum atomic E-state index is 14.8. The van der Waals surface area contributed by atoms with E-state index in [4.69, 9.17) is 4.74 Å². The van der Waals surface area contributed by atoms with Crippen molar-refractivity contribution in [3.05, 3.63) is 106 Å². The number of carbonyl (C=O) groups is 2. The van der Waals surface area contributed by atoms with Gasteiger partial charge in [-0.2, -0.15) is 9.78 Å². The highest BCUT2D eigenvalue weighted by atomic mass is 19.1. The Kier molecular flexibility index (Phi) is 7.91. The molecule has 0 bridgehead atoms. The lowest BCUT2D eigenvalue weighted by molar-refractivity contribution is 0.0947. The lowest BCUT2D eigenvalue weighted by atomic mass is 10.2. The number of nitrogens with one attached hydrogen (secondary N) is 2. The monoisotopic (exact) mass is 515 g/mol. The van der Waals surface area contributed by atoms with Gasteiger partial charge in [0.2, 0.25) is 0 Å². The number of anilines is 1. The summed E-state index contributed by atoms with van der Waals surface area (Å²) < 4.78 is 21.6. The average molecular weight is 516 g/mol. The molecule has 2 aromatic carbocycles. The normalized spacial score (nSPS) is 10.6. The van der Waals surface area contributed by atoms with Crippen LogP contribution in [0.25, 0.3) is 5.69 Å². The van der Waals surface area contributed by atoms with E-state index in [-0.39, 0.29) is 40.0 Å². The summed E-state index contributed by atoms with van der Waals surface area (Å²) in [6, 6.07) is 15.3. The summed E-state index contributed by atoms with van der Waals surface area (Å²) in [6.07, 6.45) is 2.18. The highest BCUT2D eigenvalue weighted by Crippen LogP contribution is 2.27. The van der Waals surface area contributed by atoms with E-state index in [2.05, 4.69) is 20.7 Å². The van der Waals surface area contributed by atoms with Crippen LogP contribution in [0.2, 0.25) is 0 Å². The Morgan fingerprint density at radius 1 is 1.00 bits per heavy atom. The van der Waals surface area contributed by atoms with Gasteiger partial charge in [-0.25, -0.2) is 4.39 Å². The third-order valence-electron chi connectivity index (χ3n) is 5.53. The number of carbonyl (C=O) groups excluding carboxylic acids is 2. The maximum absolute atomic E-state index is 14.8. The highest BCUT2D eigenvalue weighted by Gasteiger charge is 2.17. The number of amides is 2. The lowest BCUT2D eigenvalue weighted by Crippen LogP contribution is -2.26. The van der Waals surface area contributed by atoms with Crippen molar-refractivity contribution in [1.82, 2.24) is 20.1 Å². The molecule has 0 spiro atoms. The van der Waals surface area contributed by atoms with Crippen molar-refractivity contribution in [1.29, 1.82) is 0 Å². The molecule has 194 valence electrons. The van der Waals surface area contributed by atoms with E-state index >= 15 is 0 Å². The van der Waals surface area contributed by atoms with Gasteiger partial charge in [0.25, 0.3) is 17.4 Å². The van der Waals surface area contributed by atoms with Crippen molar-refractivity contribution in [2.45, 2.75) is 27.2 Å². The van der Waals surface area contributed by atoms with E-state index in [9.17, 15) is 18.8 Å². The molecule has 10 heteroatoms. The quantitative estimate of drug-likeness (QED) is 0.355. The van der Waals surface area contributed by atoms with Crippen LogP contribution in [0, 0.1) is 19.7 Å². The van der Waals surface area contributed by atoms with E-state index in [0.717, 1.165) is 22.7 Å². The Bertz CT molecular complexity index is 1550. The Hall–Kier alpha value is -4.86. The lowest BCUT2D eigenvalue weighted by Gasteiger charge is -2.12. The molecule has 2 N–H and O–H groups in total. The number of nitrogens with zero attached hydrogens (tertiary/aromatic N) is 3. The van der Waals surface area contributed by atoms with Crippen LogP contribution in [0.1, 0.15) is 45.4 Å². The SMILES string of the molecule is CCCNC(=O)c1cc(Oc2ccc(NC(=O)c3nn(-c4ccc(C)cc4)c(=O)cc3C)cc2F)ccn1. The zero-order valence-electron chi connectivity index (χ0n) is 21.1. The fourth-order valence-electron chi connectivity index (χ4n) is 3.54. The third kappa shape index (κ3) is 6.09. The smallest absolute Gasteiger partial charge is 0.276 e. The number of aromatic nitrogens is 3. The molecule has 2 heterocycles. The largest absolute Gasteiger partial charge is 0.454 e. The van der Waals surface area contributed by atoms with Gasteiger partial charge in [0.15, 0.2) is 17.3 Å². The molecule has 4 rings (SSSR count). The molecule has 0 atom stereocenters. The number of rotatable bonds is 8. The average Bonchev–Trinajstić information content (AvgIpc) is 2.89. The topological polar surface area (TPSA) is 115 Å². The van der Waals surface area contributed by atoms with Gasteiger partial charge in [0, 0.05) is 36.6 Å². The molecule has 38 heavy (non-hydrogen) atoms. The summed E-state index contributed by atoms with van der Waals surface area (Å²) >= 11 is 0. The van der Waals surface area contributed by atoms with Crippen LogP contribution >= 0.6 is 0 Å². The van der Waals surface area contributed by atoms with E-state index < -0.39 is 11.7 Å². The first-order valence-electron chi connectivity index (χ1n) is 12.0. The number of aryl methyl sites for hydroxylation is 2. The van der Waals surface area contributed by atoms with Crippen LogP contribution in [0.5, 0.6) is 11.5 Å². The zero-order valence-corrected chi connectivity index (χ0v) is 21.1. The van der Waals surface area contributed by atoms with E-state index in [1.165, 1.54) is 36.5 Å². The number of benzene rings is 2. The minimum Gasteiger partial charge on any atom is -0.454 e. The predicted octanol–water partition coefficient (Wildman–Crippen LogP) is 4.57. The molecule has 0 saturated carbocycles. The summed E-state index contributed by atoms with van der Waals surface area (Å²) in [4.78, 5) is 41.6. The second kappa shape index (κ2) is 11.5.